The van der Waals surface area contributed by atoms with Crippen molar-refractivity contribution in [1.82, 2.24) is 4.98 Å². The third-order valence-corrected chi connectivity index (χ3v) is 5.28. The van der Waals surface area contributed by atoms with Crippen LogP contribution in [0.1, 0.15) is 33.5 Å². The lowest BCUT2D eigenvalue weighted by Crippen LogP contribution is -2.11. The van der Waals surface area contributed by atoms with Crippen molar-refractivity contribution >= 4 is 5.97 Å². The molecule has 0 aliphatic rings. The molecule has 0 bridgehead atoms. The molecule has 3 rings (SSSR count). The fourth-order valence-electron chi connectivity index (χ4n) is 3.44. The Bertz CT molecular complexity index is 1120. The van der Waals surface area contributed by atoms with Crippen molar-refractivity contribution in [2.75, 3.05) is 6.61 Å². The summed E-state index contributed by atoms with van der Waals surface area (Å²) < 4.78 is 19.0. The molecule has 6 heteroatoms. The first-order valence-electron chi connectivity index (χ1n) is 9.57. The van der Waals surface area contributed by atoms with Gasteiger partial charge in [-0.25, -0.2) is 14.2 Å². The zero-order valence-corrected chi connectivity index (χ0v) is 17.4. The van der Waals surface area contributed by atoms with Crippen LogP contribution in [-0.4, -0.2) is 27.8 Å². The standard InChI is InChI=1S/C24H24FNO4/c1-13-10-22(30-12-23(28)29)16(4)15(3)19(13)11-18-6-8-21(27)24(26-18)17-5-7-20(25)14(2)9-17/h5-10,27H,11-12H2,1-4H3,(H,28,29). The lowest BCUT2D eigenvalue weighted by Gasteiger charge is -2.17. The molecule has 0 aliphatic carbocycles. The maximum atomic E-state index is 13.6. The fourth-order valence-corrected chi connectivity index (χ4v) is 3.44. The van der Waals surface area contributed by atoms with Gasteiger partial charge < -0.3 is 14.9 Å². The summed E-state index contributed by atoms with van der Waals surface area (Å²) in [6.07, 6.45) is 0.533. The Morgan fingerprint density at radius 1 is 1.03 bits per heavy atom. The molecular weight excluding hydrogens is 385 g/mol. The predicted octanol–water partition coefficient (Wildman–Crippen LogP) is 4.88. The van der Waals surface area contributed by atoms with Crippen LogP contribution in [0.3, 0.4) is 0 Å². The molecule has 1 heterocycles. The Kier molecular flexibility index (Phi) is 6.06. The Labute approximate surface area is 174 Å². The molecule has 0 unspecified atom stereocenters. The molecule has 0 atom stereocenters. The van der Waals surface area contributed by atoms with Gasteiger partial charge >= 0.3 is 5.97 Å². The normalized spacial score (nSPS) is 10.8. The summed E-state index contributed by atoms with van der Waals surface area (Å²) in [6, 6.07) is 9.83. The number of aromatic nitrogens is 1. The van der Waals surface area contributed by atoms with Gasteiger partial charge in [-0.15, -0.1) is 0 Å². The number of aliphatic carboxylic acids is 1. The Morgan fingerprint density at radius 3 is 2.43 bits per heavy atom. The number of carboxylic acid groups (broad SMARTS) is 1. The Morgan fingerprint density at radius 2 is 1.77 bits per heavy atom. The monoisotopic (exact) mass is 409 g/mol. The van der Waals surface area contributed by atoms with Gasteiger partial charge in [-0.3, -0.25) is 0 Å². The second kappa shape index (κ2) is 8.53. The second-order valence-corrected chi connectivity index (χ2v) is 7.41. The topological polar surface area (TPSA) is 79.7 Å². The van der Waals surface area contributed by atoms with Gasteiger partial charge in [0.05, 0.1) is 0 Å². The van der Waals surface area contributed by atoms with E-state index in [2.05, 4.69) is 4.98 Å². The van der Waals surface area contributed by atoms with Gasteiger partial charge in [0.1, 0.15) is 23.0 Å². The first-order valence-corrected chi connectivity index (χ1v) is 9.57. The van der Waals surface area contributed by atoms with Crippen molar-refractivity contribution < 1.29 is 24.1 Å². The number of aryl methyl sites for hydroxylation is 2. The van der Waals surface area contributed by atoms with Gasteiger partial charge in [0.2, 0.25) is 0 Å². The number of nitrogens with zero attached hydrogens (tertiary/aromatic N) is 1. The molecule has 0 saturated carbocycles. The molecule has 2 N–H and O–H groups in total. The average Bonchev–Trinajstić information content (AvgIpc) is 2.70. The van der Waals surface area contributed by atoms with Crippen LogP contribution in [0.15, 0.2) is 36.4 Å². The van der Waals surface area contributed by atoms with Crippen molar-refractivity contribution in [3.63, 3.8) is 0 Å². The van der Waals surface area contributed by atoms with Crippen molar-refractivity contribution in [2.45, 2.75) is 34.1 Å². The average molecular weight is 409 g/mol. The van der Waals surface area contributed by atoms with Gasteiger partial charge in [0, 0.05) is 17.7 Å². The van der Waals surface area contributed by atoms with Crippen LogP contribution in [0.25, 0.3) is 11.3 Å². The highest BCUT2D eigenvalue weighted by Gasteiger charge is 2.15. The van der Waals surface area contributed by atoms with Crippen molar-refractivity contribution in [2.24, 2.45) is 0 Å². The van der Waals surface area contributed by atoms with Crippen LogP contribution < -0.4 is 4.74 Å². The molecule has 0 spiro atoms. The zero-order chi connectivity index (χ0) is 22.0. The van der Waals surface area contributed by atoms with E-state index in [-0.39, 0.29) is 18.2 Å². The Balaban J connectivity index is 1.96. The molecule has 3 aromatic rings. The zero-order valence-electron chi connectivity index (χ0n) is 17.4. The minimum atomic E-state index is -1.02. The highest BCUT2D eigenvalue weighted by atomic mass is 19.1. The Hall–Kier alpha value is -3.41. The minimum absolute atomic E-state index is 0.0341. The maximum absolute atomic E-state index is 13.6. The molecular formula is C24H24FNO4. The largest absolute Gasteiger partial charge is 0.506 e. The van der Waals surface area contributed by atoms with E-state index in [0.717, 1.165) is 27.9 Å². The number of rotatable bonds is 6. The van der Waals surface area contributed by atoms with Gasteiger partial charge in [-0.1, -0.05) is 0 Å². The van der Waals surface area contributed by atoms with Crippen LogP contribution in [0.5, 0.6) is 11.5 Å². The van der Waals surface area contributed by atoms with Gasteiger partial charge in [0.25, 0.3) is 0 Å². The number of halogens is 1. The third kappa shape index (κ3) is 4.43. The summed E-state index contributed by atoms with van der Waals surface area (Å²) in [5, 5.41) is 19.1. The SMILES string of the molecule is Cc1cc(-c2nc(Cc3c(C)cc(OCC(=O)O)c(C)c3C)ccc2O)ccc1F. The molecule has 0 amide bonds. The van der Waals surface area contributed by atoms with E-state index in [0.29, 0.717) is 29.0 Å². The van der Waals surface area contributed by atoms with Crippen LogP contribution in [-0.2, 0) is 11.2 Å². The molecule has 0 fully saturated rings. The second-order valence-electron chi connectivity index (χ2n) is 7.41. The summed E-state index contributed by atoms with van der Waals surface area (Å²) in [5.74, 6) is -0.740. The maximum Gasteiger partial charge on any atom is 0.341 e. The summed E-state index contributed by atoms with van der Waals surface area (Å²) in [6.45, 7) is 7.09. The molecule has 1 aromatic heterocycles. The van der Waals surface area contributed by atoms with Crippen LogP contribution in [0.4, 0.5) is 4.39 Å². The van der Waals surface area contributed by atoms with Crippen molar-refractivity contribution in [1.29, 1.82) is 0 Å². The van der Waals surface area contributed by atoms with E-state index < -0.39 is 5.97 Å². The van der Waals surface area contributed by atoms with Crippen LogP contribution in [0.2, 0.25) is 0 Å². The quantitative estimate of drug-likeness (QED) is 0.607. The number of hydrogen-bond donors (Lipinski definition) is 2. The number of benzene rings is 2. The molecule has 2 aromatic carbocycles. The van der Waals surface area contributed by atoms with Crippen molar-refractivity contribution in [3.8, 4) is 22.8 Å². The number of pyridine rings is 1. The van der Waals surface area contributed by atoms with E-state index >= 15 is 0 Å². The smallest absolute Gasteiger partial charge is 0.341 e. The lowest BCUT2D eigenvalue weighted by molar-refractivity contribution is -0.139. The summed E-state index contributed by atoms with van der Waals surface area (Å²) in [7, 11) is 0. The molecule has 0 radical (unpaired) electrons. The molecule has 5 nitrogen and oxygen atoms in total. The van der Waals surface area contributed by atoms with Crippen LogP contribution >= 0.6 is 0 Å². The summed E-state index contributed by atoms with van der Waals surface area (Å²) >= 11 is 0. The highest BCUT2D eigenvalue weighted by Crippen LogP contribution is 2.32. The van der Waals surface area contributed by atoms with E-state index in [4.69, 9.17) is 9.84 Å². The predicted molar refractivity (Wildman–Crippen MR) is 113 cm³/mol. The number of ether oxygens (including phenoxy) is 1. The molecule has 0 saturated heterocycles. The lowest BCUT2D eigenvalue weighted by atomic mass is 9.93. The minimum Gasteiger partial charge on any atom is -0.506 e. The number of aromatic hydroxyl groups is 1. The number of hydrogen-bond acceptors (Lipinski definition) is 4. The molecule has 156 valence electrons. The third-order valence-electron chi connectivity index (χ3n) is 5.28. The van der Waals surface area contributed by atoms with Gasteiger partial charge in [0.15, 0.2) is 6.61 Å². The molecule has 0 aliphatic heterocycles. The first kappa shape index (κ1) is 21.3. The van der Waals surface area contributed by atoms with Crippen molar-refractivity contribution in [3.05, 3.63) is 75.7 Å². The number of carbonyl (C=O) groups is 1. The van der Waals surface area contributed by atoms with E-state index in [1.165, 1.54) is 6.07 Å². The summed E-state index contributed by atoms with van der Waals surface area (Å²) in [4.78, 5) is 15.4. The van der Waals surface area contributed by atoms with Gasteiger partial charge in [-0.05, 0) is 91.9 Å². The van der Waals surface area contributed by atoms with E-state index in [1.54, 1.807) is 31.2 Å². The first-order chi connectivity index (χ1) is 14.2. The van der Waals surface area contributed by atoms with Crippen LogP contribution in [0, 0.1) is 33.5 Å². The highest BCUT2D eigenvalue weighted by molar-refractivity contribution is 5.69. The van der Waals surface area contributed by atoms with Gasteiger partial charge in [-0.2, -0.15) is 0 Å². The van der Waals surface area contributed by atoms with E-state index in [1.807, 2.05) is 26.8 Å². The summed E-state index contributed by atoms with van der Waals surface area (Å²) in [5.41, 5.74) is 6.21. The number of carboxylic acids is 1. The van der Waals surface area contributed by atoms with E-state index in [9.17, 15) is 14.3 Å². The molecule has 30 heavy (non-hydrogen) atoms. The fraction of sp³-hybridized carbons (Fsp3) is 0.250.